The molecule has 94 valence electrons. The van der Waals surface area contributed by atoms with Crippen molar-refractivity contribution < 1.29 is 19.1 Å². The van der Waals surface area contributed by atoms with Gasteiger partial charge in [-0.25, -0.2) is 0 Å². The first-order valence-electron chi connectivity index (χ1n) is 5.59. The molecule has 0 spiro atoms. The highest BCUT2D eigenvalue weighted by Gasteiger charge is 2.11. The van der Waals surface area contributed by atoms with Gasteiger partial charge in [-0.2, -0.15) is 0 Å². The summed E-state index contributed by atoms with van der Waals surface area (Å²) < 4.78 is 9.72. The predicted molar refractivity (Wildman–Crippen MR) is 60.0 cm³/mol. The van der Waals surface area contributed by atoms with Crippen LogP contribution in [0.15, 0.2) is 0 Å². The van der Waals surface area contributed by atoms with E-state index in [0.29, 0.717) is 13.2 Å². The van der Waals surface area contributed by atoms with Crippen LogP contribution in [-0.4, -0.2) is 50.2 Å². The van der Waals surface area contributed by atoms with Gasteiger partial charge in [0.15, 0.2) is 0 Å². The zero-order valence-electron chi connectivity index (χ0n) is 10.3. The van der Waals surface area contributed by atoms with Crippen molar-refractivity contribution >= 4 is 11.9 Å². The topological polar surface area (TPSA) is 55.8 Å². The van der Waals surface area contributed by atoms with Crippen LogP contribution in [0.1, 0.15) is 26.7 Å². The molecular formula is C11H21NO4. The fourth-order valence-electron chi connectivity index (χ4n) is 1.08. The quantitative estimate of drug-likeness (QED) is 0.457. The minimum absolute atomic E-state index is 0.108. The van der Waals surface area contributed by atoms with Gasteiger partial charge in [-0.1, -0.05) is 13.3 Å². The van der Waals surface area contributed by atoms with Crippen molar-refractivity contribution in [1.29, 1.82) is 0 Å². The summed E-state index contributed by atoms with van der Waals surface area (Å²) in [6.07, 6.45) is 1.86. The Morgan fingerprint density at radius 2 is 1.62 bits per heavy atom. The van der Waals surface area contributed by atoms with E-state index in [1.54, 1.807) is 18.9 Å². The van der Waals surface area contributed by atoms with Gasteiger partial charge in [0, 0.05) is 0 Å². The third kappa shape index (κ3) is 8.23. The Labute approximate surface area is 96.7 Å². The summed E-state index contributed by atoms with van der Waals surface area (Å²) in [6, 6.07) is 0. The van der Waals surface area contributed by atoms with E-state index in [-0.39, 0.29) is 25.0 Å². The number of ether oxygens (including phenoxy) is 2. The molecule has 0 aliphatic rings. The van der Waals surface area contributed by atoms with E-state index < -0.39 is 0 Å². The first-order valence-corrected chi connectivity index (χ1v) is 5.59. The third-order valence-corrected chi connectivity index (χ3v) is 1.86. The molecule has 0 N–H and O–H groups in total. The van der Waals surface area contributed by atoms with Crippen LogP contribution < -0.4 is 0 Å². The number of esters is 2. The average Bonchev–Trinajstić information content (AvgIpc) is 2.17. The Hall–Kier alpha value is -1.10. The van der Waals surface area contributed by atoms with Gasteiger partial charge < -0.3 is 9.47 Å². The molecule has 0 heterocycles. The average molecular weight is 231 g/mol. The number of hydrogen-bond donors (Lipinski definition) is 0. The molecule has 0 aliphatic heterocycles. The Morgan fingerprint density at radius 1 is 1.06 bits per heavy atom. The van der Waals surface area contributed by atoms with Crippen LogP contribution in [0, 0.1) is 0 Å². The Balaban J connectivity index is 3.65. The number of rotatable bonds is 8. The highest BCUT2D eigenvalue weighted by Crippen LogP contribution is 1.92. The molecule has 0 amide bonds. The number of likely N-dealkylation sites (N-methyl/N-ethyl adjacent to an activating group) is 1. The smallest absolute Gasteiger partial charge is 0.320 e. The molecule has 5 nitrogen and oxygen atoms in total. The lowest BCUT2D eigenvalue weighted by atomic mass is 10.4. The number of carbonyl (C=O) groups excluding carboxylic acids is 2. The van der Waals surface area contributed by atoms with Crippen molar-refractivity contribution in [3.8, 4) is 0 Å². The molecule has 0 aromatic carbocycles. The molecule has 0 aromatic rings. The molecule has 16 heavy (non-hydrogen) atoms. The SMILES string of the molecule is CCCCOC(=O)CN(C)CC(=O)OCC. The number of carbonyl (C=O) groups is 2. The van der Waals surface area contributed by atoms with Gasteiger partial charge in [-0.3, -0.25) is 14.5 Å². The first-order chi connectivity index (χ1) is 7.60. The highest BCUT2D eigenvalue weighted by molar-refractivity contribution is 5.74. The van der Waals surface area contributed by atoms with E-state index >= 15 is 0 Å². The molecule has 0 unspecified atom stereocenters. The van der Waals surface area contributed by atoms with Crippen LogP contribution >= 0.6 is 0 Å². The lowest BCUT2D eigenvalue weighted by Crippen LogP contribution is -2.33. The van der Waals surface area contributed by atoms with Crippen molar-refractivity contribution in [2.75, 3.05) is 33.4 Å². The van der Waals surface area contributed by atoms with Gasteiger partial charge in [-0.05, 0) is 20.4 Å². The summed E-state index contributed by atoms with van der Waals surface area (Å²) in [5, 5.41) is 0. The second-order valence-electron chi connectivity index (χ2n) is 3.55. The summed E-state index contributed by atoms with van der Waals surface area (Å²) in [6.45, 7) is 4.80. The Morgan fingerprint density at radius 3 is 2.12 bits per heavy atom. The molecule has 0 aromatic heterocycles. The lowest BCUT2D eigenvalue weighted by molar-refractivity contribution is -0.147. The van der Waals surface area contributed by atoms with Crippen LogP contribution in [0.4, 0.5) is 0 Å². The predicted octanol–water partition coefficient (Wildman–Crippen LogP) is 0.825. The lowest BCUT2D eigenvalue weighted by Gasteiger charge is -2.14. The second kappa shape index (κ2) is 9.15. The minimum Gasteiger partial charge on any atom is -0.465 e. The first kappa shape index (κ1) is 14.9. The molecule has 0 bridgehead atoms. The van der Waals surface area contributed by atoms with Crippen LogP contribution in [0.3, 0.4) is 0 Å². The largest absolute Gasteiger partial charge is 0.465 e. The molecule has 0 saturated heterocycles. The molecule has 0 atom stereocenters. The van der Waals surface area contributed by atoms with E-state index in [1.165, 1.54) is 0 Å². The monoisotopic (exact) mass is 231 g/mol. The molecule has 0 saturated carbocycles. The van der Waals surface area contributed by atoms with Gasteiger partial charge in [0.25, 0.3) is 0 Å². The van der Waals surface area contributed by atoms with Crippen molar-refractivity contribution in [3.05, 3.63) is 0 Å². The molecule has 0 aliphatic carbocycles. The zero-order valence-corrected chi connectivity index (χ0v) is 10.3. The van der Waals surface area contributed by atoms with E-state index in [9.17, 15) is 9.59 Å². The van der Waals surface area contributed by atoms with Crippen LogP contribution in [0.2, 0.25) is 0 Å². The fourth-order valence-corrected chi connectivity index (χ4v) is 1.08. The van der Waals surface area contributed by atoms with E-state index in [0.717, 1.165) is 12.8 Å². The van der Waals surface area contributed by atoms with Gasteiger partial charge in [0.2, 0.25) is 0 Å². The van der Waals surface area contributed by atoms with Crippen molar-refractivity contribution in [2.24, 2.45) is 0 Å². The standard InChI is InChI=1S/C11H21NO4/c1-4-6-7-16-11(14)9-12(3)8-10(13)15-5-2/h4-9H2,1-3H3. The van der Waals surface area contributed by atoms with Gasteiger partial charge in [0.05, 0.1) is 26.3 Å². The zero-order chi connectivity index (χ0) is 12.4. The van der Waals surface area contributed by atoms with Crippen LogP contribution in [-0.2, 0) is 19.1 Å². The Bertz CT molecular complexity index is 218. The number of unbranched alkanes of at least 4 members (excludes halogenated alkanes) is 1. The van der Waals surface area contributed by atoms with Gasteiger partial charge in [0.1, 0.15) is 0 Å². The van der Waals surface area contributed by atoms with Crippen molar-refractivity contribution in [3.63, 3.8) is 0 Å². The molecule has 5 heteroatoms. The van der Waals surface area contributed by atoms with Crippen molar-refractivity contribution in [1.82, 2.24) is 4.90 Å². The van der Waals surface area contributed by atoms with Gasteiger partial charge in [-0.15, -0.1) is 0 Å². The molecule has 0 fully saturated rings. The summed E-state index contributed by atoms with van der Waals surface area (Å²) in [7, 11) is 1.68. The number of hydrogen-bond acceptors (Lipinski definition) is 5. The van der Waals surface area contributed by atoms with E-state index in [1.807, 2.05) is 6.92 Å². The maximum absolute atomic E-state index is 11.3. The van der Waals surface area contributed by atoms with E-state index in [2.05, 4.69) is 0 Å². The second-order valence-corrected chi connectivity index (χ2v) is 3.55. The van der Waals surface area contributed by atoms with Gasteiger partial charge >= 0.3 is 11.9 Å². The normalized spacial score (nSPS) is 10.2. The van der Waals surface area contributed by atoms with Crippen LogP contribution in [0.25, 0.3) is 0 Å². The molecule has 0 rings (SSSR count). The van der Waals surface area contributed by atoms with Crippen LogP contribution in [0.5, 0.6) is 0 Å². The summed E-state index contributed by atoms with van der Waals surface area (Å²) in [5.74, 6) is -0.633. The maximum Gasteiger partial charge on any atom is 0.320 e. The Kier molecular flexibility index (Phi) is 8.52. The fraction of sp³-hybridized carbons (Fsp3) is 0.818. The summed E-state index contributed by atoms with van der Waals surface area (Å²) in [4.78, 5) is 23.9. The summed E-state index contributed by atoms with van der Waals surface area (Å²) in [5.41, 5.74) is 0. The maximum atomic E-state index is 11.3. The minimum atomic E-state index is -0.327. The highest BCUT2D eigenvalue weighted by atomic mass is 16.5. The number of nitrogens with zero attached hydrogens (tertiary/aromatic N) is 1. The summed E-state index contributed by atoms with van der Waals surface area (Å²) >= 11 is 0. The third-order valence-electron chi connectivity index (χ3n) is 1.86. The van der Waals surface area contributed by atoms with Crippen molar-refractivity contribution in [2.45, 2.75) is 26.7 Å². The molecule has 0 radical (unpaired) electrons. The molecular weight excluding hydrogens is 210 g/mol. The van der Waals surface area contributed by atoms with E-state index in [4.69, 9.17) is 9.47 Å².